The van der Waals surface area contributed by atoms with E-state index in [-0.39, 0.29) is 0 Å². The van der Waals surface area contributed by atoms with Crippen LogP contribution in [-0.4, -0.2) is 18.8 Å². The van der Waals surface area contributed by atoms with Gasteiger partial charge in [-0.2, -0.15) is 0 Å². The summed E-state index contributed by atoms with van der Waals surface area (Å²) in [4.78, 5) is 0. The molecule has 1 aliphatic heterocycles. The van der Waals surface area contributed by atoms with Gasteiger partial charge in [-0.25, -0.2) is 0 Å². The molecule has 0 radical (unpaired) electrons. The van der Waals surface area contributed by atoms with Crippen molar-refractivity contribution in [2.75, 3.05) is 6.61 Å². The highest BCUT2D eigenvalue weighted by Gasteiger charge is 2.18. The Labute approximate surface area is 93.0 Å². The van der Waals surface area contributed by atoms with Gasteiger partial charge in [0.1, 0.15) is 0 Å². The Kier molecular flexibility index (Phi) is 5.91. The van der Waals surface area contributed by atoms with Crippen LogP contribution in [0.3, 0.4) is 0 Å². The molecule has 2 atom stereocenters. The molecule has 1 rings (SSSR count). The van der Waals surface area contributed by atoms with Gasteiger partial charge in [-0.15, -0.1) is 0 Å². The van der Waals surface area contributed by atoms with Gasteiger partial charge < -0.3 is 4.74 Å². The van der Waals surface area contributed by atoms with Crippen LogP contribution in [0.1, 0.15) is 45.4 Å². The topological polar surface area (TPSA) is 47.3 Å². The average molecular weight is 212 g/mol. The zero-order chi connectivity index (χ0) is 11.1. The van der Waals surface area contributed by atoms with Gasteiger partial charge in [0, 0.05) is 12.6 Å². The Bertz CT molecular complexity index is 188. The van der Waals surface area contributed by atoms with Gasteiger partial charge in [-0.1, -0.05) is 19.1 Å². The van der Waals surface area contributed by atoms with Crippen LogP contribution in [0.4, 0.5) is 0 Å². The van der Waals surface area contributed by atoms with Crippen LogP contribution in [0.2, 0.25) is 0 Å². The lowest BCUT2D eigenvalue weighted by Gasteiger charge is -2.27. The fraction of sp³-hybridized carbons (Fsp3) is 0.833. The number of hydrogen-bond acceptors (Lipinski definition) is 3. The van der Waals surface area contributed by atoms with Crippen molar-refractivity contribution >= 4 is 0 Å². The minimum absolute atomic E-state index is 0.320. The third-order valence-electron chi connectivity index (χ3n) is 3.09. The maximum atomic E-state index is 5.70. The van der Waals surface area contributed by atoms with E-state index in [1.807, 2.05) is 0 Å². The molecular weight excluding hydrogens is 188 g/mol. The van der Waals surface area contributed by atoms with Crippen LogP contribution < -0.4 is 11.3 Å². The van der Waals surface area contributed by atoms with Crippen LogP contribution in [0.15, 0.2) is 12.2 Å². The highest BCUT2D eigenvalue weighted by atomic mass is 16.5. The third kappa shape index (κ3) is 4.78. The highest BCUT2D eigenvalue weighted by Crippen LogP contribution is 2.19. The van der Waals surface area contributed by atoms with Crippen LogP contribution >= 0.6 is 0 Å². The lowest BCUT2D eigenvalue weighted by atomic mass is 9.97. The molecule has 3 heteroatoms. The fourth-order valence-corrected chi connectivity index (χ4v) is 2.01. The Morgan fingerprint density at radius 1 is 1.60 bits per heavy atom. The normalized spacial score (nSPS) is 23.7. The van der Waals surface area contributed by atoms with Crippen molar-refractivity contribution in [2.24, 2.45) is 5.84 Å². The number of rotatable bonds is 6. The number of hydrogen-bond donors (Lipinski definition) is 2. The lowest BCUT2D eigenvalue weighted by molar-refractivity contribution is 0.00521. The summed E-state index contributed by atoms with van der Waals surface area (Å²) < 4.78 is 5.70. The van der Waals surface area contributed by atoms with Crippen LogP contribution in [0, 0.1) is 0 Å². The Morgan fingerprint density at radius 2 is 2.40 bits per heavy atom. The first-order valence-corrected chi connectivity index (χ1v) is 6.00. The Balaban J connectivity index is 2.28. The second-order valence-electron chi connectivity index (χ2n) is 4.40. The summed E-state index contributed by atoms with van der Waals surface area (Å²) in [6.07, 6.45) is 7.07. The molecule has 0 aromatic heterocycles. The van der Waals surface area contributed by atoms with Crippen molar-refractivity contribution in [3.8, 4) is 0 Å². The third-order valence-corrected chi connectivity index (χ3v) is 3.09. The van der Waals surface area contributed by atoms with E-state index in [0.29, 0.717) is 12.1 Å². The summed E-state index contributed by atoms with van der Waals surface area (Å²) in [6, 6.07) is 0.320. The summed E-state index contributed by atoms with van der Waals surface area (Å²) >= 11 is 0. The molecule has 1 aliphatic rings. The van der Waals surface area contributed by atoms with Crippen LogP contribution in [0.5, 0.6) is 0 Å². The molecule has 15 heavy (non-hydrogen) atoms. The van der Waals surface area contributed by atoms with Crippen molar-refractivity contribution in [1.82, 2.24) is 5.43 Å². The monoisotopic (exact) mass is 212 g/mol. The van der Waals surface area contributed by atoms with E-state index in [9.17, 15) is 0 Å². The van der Waals surface area contributed by atoms with Crippen molar-refractivity contribution in [3.63, 3.8) is 0 Å². The molecule has 88 valence electrons. The number of hydrazine groups is 1. The molecule has 0 aromatic carbocycles. The first-order valence-electron chi connectivity index (χ1n) is 6.00. The molecule has 2 unspecified atom stereocenters. The van der Waals surface area contributed by atoms with Crippen LogP contribution in [-0.2, 0) is 4.74 Å². The second-order valence-corrected chi connectivity index (χ2v) is 4.40. The zero-order valence-electron chi connectivity index (χ0n) is 9.80. The predicted octanol–water partition coefficient (Wildman–Crippen LogP) is 2.13. The molecule has 0 aromatic rings. The van der Waals surface area contributed by atoms with Gasteiger partial charge in [0.2, 0.25) is 0 Å². The molecule has 0 bridgehead atoms. The predicted molar refractivity (Wildman–Crippen MR) is 63.4 cm³/mol. The van der Waals surface area contributed by atoms with Crippen LogP contribution in [0.25, 0.3) is 0 Å². The Hall–Kier alpha value is -0.380. The highest BCUT2D eigenvalue weighted by molar-refractivity contribution is 4.96. The quantitative estimate of drug-likeness (QED) is 0.403. The lowest BCUT2D eigenvalue weighted by Crippen LogP contribution is -2.39. The standard InChI is InChI=1S/C12H24N2O/c1-3-10(2)8-11(14-13)9-12-6-4-5-7-15-12/h11-12,14H,2-9,13H2,1H3. The van der Waals surface area contributed by atoms with Gasteiger partial charge in [0.25, 0.3) is 0 Å². The SMILES string of the molecule is C=C(CC)CC(CC1CCCCO1)NN. The molecule has 0 aliphatic carbocycles. The molecule has 0 amide bonds. The molecule has 0 saturated carbocycles. The smallest absolute Gasteiger partial charge is 0.0590 e. The summed E-state index contributed by atoms with van der Waals surface area (Å²) in [7, 11) is 0. The first kappa shape index (κ1) is 12.7. The number of nitrogens with one attached hydrogen (secondary N) is 1. The number of nitrogens with two attached hydrogens (primary N) is 1. The van der Waals surface area contributed by atoms with Crippen molar-refractivity contribution in [1.29, 1.82) is 0 Å². The molecule has 0 spiro atoms. The van der Waals surface area contributed by atoms with Crippen molar-refractivity contribution in [2.45, 2.75) is 57.6 Å². The summed E-state index contributed by atoms with van der Waals surface area (Å²) in [6.45, 7) is 7.06. The van der Waals surface area contributed by atoms with E-state index >= 15 is 0 Å². The zero-order valence-corrected chi connectivity index (χ0v) is 9.80. The van der Waals surface area contributed by atoms with E-state index in [0.717, 1.165) is 25.9 Å². The van der Waals surface area contributed by atoms with E-state index in [1.165, 1.54) is 24.8 Å². The van der Waals surface area contributed by atoms with E-state index in [4.69, 9.17) is 10.6 Å². The van der Waals surface area contributed by atoms with Gasteiger partial charge in [-0.3, -0.25) is 11.3 Å². The van der Waals surface area contributed by atoms with E-state index < -0.39 is 0 Å². The largest absolute Gasteiger partial charge is 0.378 e. The van der Waals surface area contributed by atoms with Gasteiger partial charge >= 0.3 is 0 Å². The van der Waals surface area contributed by atoms with Crippen molar-refractivity contribution in [3.05, 3.63) is 12.2 Å². The molecule has 3 N–H and O–H groups in total. The van der Waals surface area contributed by atoms with Gasteiger partial charge in [0.05, 0.1) is 6.10 Å². The number of ether oxygens (including phenoxy) is 1. The maximum Gasteiger partial charge on any atom is 0.0590 e. The first-order chi connectivity index (χ1) is 7.26. The molecule has 3 nitrogen and oxygen atoms in total. The molecule has 1 fully saturated rings. The maximum absolute atomic E-state index is 5.70. The summed E-state index contributed by atoms with van der Waals surface area (Å²) in [5.41, 5.74) is 4.13. The molecule has 1 heterocycles. The summed E-state index contributed by atoms with van der Waals surface area (Å²) in [5, 5.41) is 0. The fourth-order valence-electron chi connectivity index (χ4n) is 2.01. The summed E-state index contributed by atoms with van der Waals surface area (Å²) in [5.74, 6) is 5.55. The molecular formula is C12H24N2O. The van der Waals surface area contributed by atoms with Gasteiger partial charge in [-0.05, 0) is 38.5 Å². The van der Waals surface area contributed by atoms with Crippen molar-refractivity contribution < 1.29 is 4.74 Å². The van der Waals surface area contributed by atoms with E-state index in [1.54, 1.807) is 0 Å². The van der Waals surface area contributed by atoms with E-state index in [2.05, 4.69) is 18.9 Å². The minimum Gasteiger partial charge on any atom is -0.378 e. The Morgan fingerprint density at radius 3 is 2.93 bits per heavy atom. The second kappa shape index (κ2) is 6.99. The molecule has 1 saturated heterocycles. The minimum atomic E-state index is 0.320. The average Bonchev–Trinajstić information content (AvgIpc) is 2.29. The van der Waals surface area contributed by atoms with Gasteiger partial charge in [0.15, 0.2) is 0 Å².